The molecule has 17 heavy (non-hydrogen) atoms. The van der Waals surface area contributed by atoms with Gasteiger partial charge in [-0.15, -0.1) is 0 Å². The van der Waals surface area contributed by atoms with Gasteiger partial charge in [-0.2, -0.15) is 4.98 Å². The molecule has 1 aliphatic rings. The van der Waals surface area contributed by atoms with Gasteiger partial charge in [0.05, 0.1) is 5.92 Å². The molecule has 0 bridgehead atoms. The number of hydrogen-bond acceptors (Lipinski definition) is 5. The van der Waals surface area contributed by atoms with Crippen LogP contribution in [0.3, 0.4) is 0 Å². The van der Waals surface area contributed by atoms with E-state index in [1.165, 1.54) is 6.92 Å². The van der Waals surface area contributed by atoms with Crippen LogP contribution in [0.25, 0.3) is 0 Å². The summed E-state index contributed by atoms with van der Waals surface area (Å²) in [5, 5.41) is 3.94. The molecule has 0 N–H and O–H groups in total. The lowest BCUT2D eigenvalue weighted by molar-refractivity contribution is -0.118. The zero-order chi connectivity index (χ0) is 12.4. The maximum Gasteiger partial charge on any atom is 0.237 e. The van der Waals surface area contributed by atoms with Gasteiger partial charge in [-0.25, -0.2) is 0 Å². The number of Topliss-reactive ketones (excluding diaryl/α,β-unsaturated/α-hetero) is 1. The second-order valence-electron chi connectivity index (χ2n) is 4.54. The van der Waals surface area contributed by atoms with Gasteiger partial charge in [-0.05, 0) is 39.5 Å². The van der Waals surface area contributed by atoms with Crippen molar-refractivity contribution in [3.8, 4) is 0 Å². The van der Waals surface area contributed by atoms with Gasteiger partial charge >= 0.3 is 0 Å². The summed E-state index contributed by atoms with van der Waals surface area (Å²) in [7, 11) is 0. The van der Waals surface area contributed by atoms with Crippen LogP contribution in [0.5, 0.6) is 0 Å². The smallest absolute Gasteiger partial charge is 0.237 e. The molecule has 1 aromatic rings. The van der Waals surface area contributed by atoms with Crippen molar-refractivity contribution >= 4 is 5.78 Å². The van der Waals surface area contributed by atoms with Gasteiger partial charge in [0, 0.05) is 6.61 Å². The van der Waals surface area contributed by atoms with Crippen molar-refractivity contribution in [2.24, 2.45) is 5.92 Å². The first-order chi connectivity index (χ1) is 8.13. The number of aromatic nitrogens is 2. The number of rotatable bonds is 6. The first kappa shape index (κ1) is 12.2. The summed E-state index contributed by atoms with van der Waals surface area (Å²) in [4.78, 5) is 15.5. The van der Waals surface area contributed by atoms with Gasteiger partial charge in [0.2, 0.25) is 11.7 Å². The van der Waals surface area contributed by atoms with Gasteiger partial charge in [-0.1, -0.05) is 5.16 Å². The minimum absolute atomic E-state index is 0.0274. The Morgan fingerprint density at radius 1 is 1.59 bits per heavy atom. The number of ether oxygens (including phenoxy) is 1. The van der Waals surface area contributed by atoms with E-state index < -0.39 is 0 Å². The Morgan fingerprint density at radius 3 is 2.82 bits per heavy atom. The molecule has 1 fully saturated rings. The molecule has 1 aliphatic carbocycles. The van der Waals surface area contributed by atoms with Crippen LogP contribution in [0.15, 0.2) is 4.52 Å². The Bertz CT molecular complexity index is 398. The molecule has 94 valence electrons. The van der Waals surface area contributed by atoms with Crippen molar-refractivity contribution in [2.45, 2.75) is 45.6 Å². The largest absolute Gasteiger partial charge is 0.370 e. The normalized spacial score (nSPS) is 19.0. The average Bonchev–Trinajstić information content (AvgIpc) is 3.02. The zero-order valence-electron chi connectivity index (χ0n) is 10.5. The summed E-state index contributed by atoms with van der Waals surface area (Å²) < 4.78 is 10.8. The van der Waals surface area contributed by atoms with Crippen LogP contribution in [-0.4, -0.2) is 22.5 Å². The molecular weight excluding hydrogens is 220 g/mol. The standard InChI is InChI=1S/C12H18N2O3/c1-4-16-10(9-5-6-9)11-13-12(17-14-11)7(2)8(3)15/h7,9-10H,4-6H2,1-3H3. The van der Waals surface area contributed by atoms with Crippen molar-refractivity contribution in [1.29, 1.82) is 0 Å². The molecule has 0 aromatic carbocycles. The van der Waals surface area contributed by atoms with Gasteiger partial charge < -0.3 is 9.26 Å². The predicted molar refractivity (Wildman–Crippen MR) is 60.5 cm³/mol. The van der Waals surface area contributed by atoms with Crippen LogP contribution in [0, 0.1) is 5.92 Å². The first-order valence-corrected chi connectivity index (χ1v) is 6.09. The Morgan fingerprint density at radius 2 is 2.29 bits per heavy atom. The van der Waals surface area contributed by atoms with Crippen LogP contribution in [0.4, 0.5) is 0 Å². The van der Waals surface area contributed by atoms with E-state index in [1.807, 2.05) is 6.92 Å². The lowest BCUT2D eigenvalue weighted by Crippen LogP contribution is -2.09. The molecule has 5 heteroatoms. The van der Waals surface area contributed by atoms with E-state index in [0.29, 0.717) is 24.2 Å². The predicted octanol–water partition coefficient (Wildman–Crippen LogP) is 2.25. The van der Waals surface area contributed by atoms with Crippen LogP contribution in [-0.2, 0) is 9.53 Å². The SMILES string of the molecule is CCOC(c1noc(C(C)C(C)=O)n1)C1CC1. The highest BCUT2D eigenvalue weighted by Crippen LogP contribution is 2.42. The maximum absolute atomic E-state index is 11.2. The summed E-state index contributed by atoms with van der Waals surface area (Å²) in [5.74, 6) is 1.17. The molecule has 2 unspecified atom stereocenters. The third-order valence-electron chi connectivity index (χ3n) is 3.09. The van der Waals surface area contributed by atoms with Gasteiger partial charge in [0.15, 0.2) is 0 Å². The highest BCUT2D eigenvalue weighted by atomic mass is 16.5. The third kappa shape index (κ3) is 2.72. The number of carbonyl (C=O) groups is 1. The maximum atomic E-state index is 11.2. The minimum Gasteiger partial charge on any atom is -0.370 e. The van der Waals surface area contributed by atoms with Crippen molar-refractivity contribution in [3.05, 3.63) is 11.7 Å². The second kappa shape index (κ2) is 4.96. The molecule has 2 rings (SSSR count). The molecule has 0 spiro atoms. The number of ketones is 1. The van der Waals surface area contributed by atoms with Crippen molar-refractivity contribution in [1.82, 2.24) is 10.1 Å². The highest BCUT2D eigenvalue weighted by Gasteiger charge is 2.36. The summed E-state index contributed by atoms with van der Waals surface area (Å²) >= 11 is 0. The number of carbonyl (C=O) groups excluding carboxylic acids is 1. The molecule has 1 saturated carbocycles. The van der Waals surface area contributed by atoms with E-state index in [4.69, 9.17) is 9.26 Å². The Labute approximate surface area is 101 Å². The fraction of sp³-hybridized carbons (Fsp3) is 0.750. The number of hydrogen-bond donors (Lipinski definition) is 0. The van der Waals surface area contributed by atoms with E-state index in [-0.39, 0.29) is 17.8 Å². The lowest BCUT2D eigenvalue weighted by Gasteiger charge is -2.11. The average molecular weight is 238 g/mol. The molecule has 2 atom stereocenters. The topological polar surface area (TPSA) is 65.2 Å². The molecule has 0 saturated heterocycles. The first-order valence-electron chi connectivity index (χ1n) is 6.09. The zero-order valence-corrected chi connectivity index (χ0v) is 10.5. The monoisotopic (exact) mass is 238 g/mol. The van der Waals surface area contributed by atoms with Crippen LogP contribution in [0.1, 0.15) is 57.3 Å². The number of nitrogens with zero attached hydrogens (tertiary/aromatic N) is 2. The molecule has 1 heterocycles. The molecule has 5 nitrogen and oxygen atoms in total. The van der Waals surface area contributed by atoms with Crippen LogP contribution >= 0.6 is 0 Å². The van der Waals surface area contributed by atoms with Crippen LogP contribution < -0.4 is 0 Å². The highest BCUT2D eigenvalue weighted by molar-refractivity contribution is 5.81. The fourth-order valence-corrected chi connectivity index (χ4v) is 1.71. The van der Waals surface area contributed by atoms with Crippen LogP contribution in [0.2, 0.25) is 0 Å². The summed E-state index contributed by atoms with van der Waals surface area (Å²) in [6.07, 6.45) is 2.23. The van der Waals surface area contributed by atoms with Crippen molar-refractivity contribution in [3.63, 3.8) is 0 Å². The van der Waals surface area contributed by atoms with Gasteiger partial charge in [0.25, 0.3) is 0 Å². The van der Waals surface area contributed by atoms with Crippen molar-refractivity contribution < 1.29 is 14.1 Å². The third-order valence-corrected chi connectivity index (χ3v) is 3.09. The minimum atomic E-state index is -0.335. The van der Waals surface area contributed by atoms with E-state index in [1.54, 1.807) is 6.92 Å². The van der Waals surface area contributed by atoms with E-state index >= 15 is 0 Å². The fourth-order valence-electron chi connectivity index (χ4n) is 1.71. The summed E-state index contributed by atoms with van der Waals surface area (Å²) in [5.41, 5.74) is 0. The van der Waals surface area contributed by atoms with E-state index in [2.05, 4.69) is 10.1 Å². The van der Waals surface area contributed by atoms with Gasteiger partial charge in [-0.3, -0.25) is 4.79 Å². The lowest BCUT2D eigenvalue weighted by atomic mass is 10.1. The Balaban J connectivity index is 2.12. The molecule has 0 aliphatic heterocycles. The van der Waals surface area contributed by atoms with E-state index in [0.717, 1.165) is 12.8 Å². The second-order valence-corrected chi connectivity index (χ2v) is 4.54. The molecular formula is C12H18N2O3. The molecule has 0 amide bonds. The molecule has 1 aromatic heterocycles. The Kier molecular flexibility index (Phi) is 3.57. The van der Waals surface area contributed by atoms with Crippen molar-refractivity contribution in [2.75, 3.05) is 6.61 Å². The summed E-state index contributed by atoms with van der Waals surface area (Å²) in [6.45, 7) is 5.88. The molecule has 0 radical (unpaired) electrons. The summed E-state index contributed by atoms with van der Waals surface area (Å²) in [6, 6.07) is 0. The van der Waals surface area contributed by atoms with Gasteiger partial charge in [0.1, 0.15) is 11.9 Å². The Hall–Kier alpha value is -1.23. The quantitative estimate of drug-likeness (QED) is 0.760. The van der Waals surface area contributed by atoms with E-state index in [9.17, 15) is 4.79 Å².